The molecule has 5 rings (SSSR count). The summed E-state index contributed by atoms with van der Waals surface area (Å²) in [5.74, 6) is 0.522. The first-order valence-electron chi connectivity index (χ1n) is 9.44. The van der Waals surface area contributed by atoms with Crippen molar-refractivity contribution < 1.29 is 4.79 Å². The van der Waals surface area contributed by atoms with Crippen LogP contribution >= 0.6 is 11.3 Å². The van der Waals surface area contributed by atoms with Crippen LogP contribution in [-0.4, -0.2) is 26.9 Å². The third-order valence-corrected chi connectivity index (χ3v) is 6.63. The standard InChI is InChI=1S/C21H21N3O2S/c1-13-3-2-4-14(9-13)10-24-12-22-19-18(21(24)26)16-7-8-23(11-17(16)27-19)20(25)15-5-6-15/h2-4,9,12,15H,5-8,10-11H2,1H3. The minimum atomic E-state index is 0.0287. The van der Waals surface area contributed by atoms with Gasteiger partial charge in [-0.2, -0.15) is 0 Å². The van der Waals surface area contributed by atoms with Crippen molar-refractivity contribution in [3.8, 4) is 0 Å². The molecular formula is C21H21N3O2S. The van der Waals surface area contributed by atoms with Gasteiger partial charge in [-0.25, -0.2) is 4.98 Å². The lowest BCUT2D eigenvalue weighted by molar-refractivity contribution is -0.133. The van der Waals surface area contributed by atoms with E-state index in [0.717, 1.165) is 45.5 Å². The number of hydrogen-bond acceptors (Lipinski definition) is 4. The largest absolute Gasteiger partial charge is 0.337 e. The highest BCUT2D eigenvalue weighted by Gasteiger charge is 2.35. The maximum atomic E-state index is 13.1. The van der Waals surface area contributed by atoms with Gasteiger partial charge in [0.2, 0.25) is 5.91 Å². The number of rotatable bonds is 3. The number of fused-ring (bicyclic) bond motifs is 3. The topological polar surface area (TPSA) is 55.2 Å². The van der Waals surface area contributed by atoms with Crippen LogP contribution in [0.5, 0.6) is 0 Å². The van der Waals surface area contributed by atoms with E-state index in [2.05, 4.69) is 24.0 Å². The van der Waals surface area contributed by atoms with Crippen LogP contribution in [-0.2, 0) is 24.3 Å². The summed E-state index contributed by atoms with van der Waals surface area (Å²) < 4.78 is 1.70. The first-order chi connectivity index (χ1) is 13.1. The Kier molecular flexibility index (Phi) is 3.90. The molecule has 0 unspecified atom stereocenters. The lowest BCUT2D eigenvalue weighted by atomic mass is 10.0. The molecule has 5 nitrogen and oxygen atoms in total. The van der Waals surface area contributed by atoms with E-state index < -0.39 is 0 Å². The molecule has 2 aromatic heterocycles. The molecule has 138 valence electrons. The van der Waals surface area contributed by atoms with Gasteiger partial charge < -0.3 is 4.90 Å². The van der Waals surface area contributed by atoms with Crippen LogP contribution in [0.3, 0.4) is 0 Å². The molecule has 27 heavy (non-hydrogen) atoms. The molecule has 3 heterocycles. The van der Waals surface area contributed by atoms with Crippen molar-refractivity contribution in [1.82, 2.24) is 14.5 Å². The SMILES string of the molecule is Cc1cccc(Cn2cnc3sc4c(c3c2=O)CCN(C(=O)C2CC2)C4)c1. The summed E-state index contributed by atoms with van der Waals surface area (Å²) in [6.45, 7) is 3.92. The van der Waals surface area contributed by atoms with Crippen LogP contribution in [0, 0.1) is 12.8 Å². The van der Waals surface area contributed by atoms with Crippen LogP contribution in [0.15, 0.2) is 35.4 Å². The zero-order valence-electron chi connectivity index (χ0n) is 15.3. The Bertz CT molecular complexity index is 1110. The average Bonchev–Trinajstić information content (AvgIpc) is 3.43. The number of carbonyl (C=O) groups excluding carboxylic acids is 1. The highest BCUT2D eigenvalue weighted by molar-refractivity contribution is 7.18. The predicted molar refractivity (Wildman–Crippen MR) is 106 cm³/mol. The van der Waals surface area contributed by atoms with Crippen LogP contribution in [0.25, 0.3) is 10.2 Å². The number of carbonyl (C=O) groups is 1. The zero-order chi connectivity index (χ0) is 18.5. The number of thiophene rings is 1. The summed E-state index contributed by atoms with van der Waals surface area (Å²) >= 11 is 1.57. The Hall–Kier alpha value is -2.47. The van der Waals surface area contributed by atoms with Crippen LogP contribution in [0.4, 0.5) is 0 Å². The molecule has 0 N–H and O–H groups in total. The van der Waals surface area contributed by atoms with Gasteiger partial charge >= 0.3 is 0 Å². The Morgan fingerprint density at radius 2 is 2.19 bits per heavy atom. The maximum absolute atomic E-state index is 13.1. The second-order valence-electron chi connectivity index (χ2n) is 7.63. The molecular weight excluding hydrogens is 358 g/mol. The number of hydrogen-bond donors (Lipinski definition) is 0. The van der Waals surface area contributed by atoms with E-state index in [1.807, 2.05) is 17.0 Å². The van der Waals surface area contributed by atoms with Crippen molar-refractivity contribution in [2.75, 3.05) is 6.54 Å². The Balaban J connectivity index is 1.50. The number of benzene rings is 1. The summed E-state index contributed by atoms with van der Waals surface area (Å²) in [5, 5.41) is 0.753. The first-order valence-corrected chi connectivity index (χ1v) is 10.3. The van der Waals surface area contributed by atoms with Crippen molar-refractivity contribution in [3.05, 3.63) is 62.5 Å². The minimum absolute atomic E-state index is 0.0287. The van der Waals surface area contributed by atoms with E-state index >= 15 is 0 Å². The molecule has 3 aromatic rings. The fourth-order valence-corrected chi connectivity index (χ4v) is 5.11. The third kappa shape index (κ3) is 2.98. The highest BCUT2D eigenvalue weighted by Crippen LogP contribution is 2.36. The quantitative estimate of drug-likeness (QED) is 0.703. The van der Waals surface area contributed by atoms with E-state index in [4.69, 9.17) is 0 Å². The van der Waals surface area contributed by atoms with Gasteiger partial charge in [-0.1, -0.05) is 29.8 Å². The molecule has 0 saturated heterocycles. The van der Waals surface area contributed by atoms with E-state index in [-0.39, 0.29) is 17.4 Å². The molecule has 0 radical (unpaired) electrons. The zero-order valence-corrected chi connectivity index (χ0v) is 16.1. The third-order valence-electron chi connectivity index (χ3n) is 5.50. The summed E-state index contributed by atoms with van der Waals surface area (Å²) in [5.41, 5.74) is 3.42. The Morgan fingerprint density at radius 1 is 1.33 bits per heavy atom. The molecule has 0 bridgehead atoms. The number of aryl methyl sites for hydroxylation is 1. The molecule has 0 atom stereocenters. The summed E-state index contributed by atoms with van der Waals surface area (Å²) in [4.78, 5) is 34.0. The van der Waals surface area contributed by atoms with Crippen LogP contribution in [0.1, 0.15) is 34.4 Å². The molecule has 1 amide bonds. The van der Waals surface area contributed by atoms with Gasteiger partial charge in [-0.05, 0) is 37.3 Å². The van der Waals surface area contributed by atoms with Gasteiger partial charge in [-0.3, -0.25) is 14.2 Å². The Morgan fingerprint density at radius 3 is 2.96 bits per heavy atom. The van der Waals surface area contributed by atoms with E-state index in [9.17, 15) is 9.59 Å². The van der Waals surface area contributed by atoms with Gasteiger partial charge in [0.15, 0.2) is 0 Å². The second-order valence-corrected chi connectivity index (χ2v) is 8.72. The molecule has 1 saturated carbocycles. The van der Waals surface area contributed by atoms with Crippen molar-refractivity contribution in [3.63, 3.8) is 0 Å². The fourth-order valence-electron chi connectivity index (χ4n) is 3.92. The van der Waals surface area contributed by atoms with Gasteiger partial charge in [-0.15, -0.1) is 11.3 Å². The van der Waals surface area contributed by atoms with Gasteiger partial charge in [0, 0.05) is 17.3 Å². The lowest BCUT2D eigenvalue weighted by Crippen LogP contribution is -2.36. The number of nitrogens with zero attached hydrogens (tertiary/aromatic N) is 3. The first kappa shape index (κ1) is 16.7. The van der Waals surface area contributed by atoms with Crippen molar-refractivity contribution in [2.24, 2.45) is 5.92 Å². The second kappa shape index (κ2) is 6.30. The maximum Gasteiger partial charge on any atom is 0.262 e. The summed E-state index contributed by atoms with van der Waals surface area (Å²) in [6, 6.07) is 8.20. The monoisotopic (exact) mass is 379 g/mol. The van der Waals surface area contributed by atoms with Crippen LogP contribution < -0.4 is 5.56 Å². The van der Waals surface area contributed by atoms with Crippen LogP contribution in [0.2, 0.25) is 0 Å². The molecule has 0 spiro atoms. The van der Waals surface area contributed by atoms with Gasteiger partial charge in [0.1, 0.15) is 4.83 Å². The van der Waals surface area contributed by atoms with Crippen molar-refractivity contribution in [1.29, 1.82) is 0 Å². The molecule has 1 aliphatic carbocycles. The number of aromatic nitrogens is 2. The molecule has 2 aliphatic rings. The van der Waals surface area contributed by atoms with E-state index in [0.29, 0.717) is 19.6 Å². The average molecular weight is 379 g/mol. The lowest BCUT2D eigenvalue weighted by Gasteiger charge is -2.27. The normalized spacial score (nSPS) is 16.6. The molecule has 6 heteroatoms. The molecule has 1 fully saturated rings. The highest BCUT2D eigenvalue weighted by atomic mass is 32.1. The minimum Gasteiger partial charge on any atom is -0.337 e. The number of amides is 1. The summed E-state index contributed by atoms with van der Waals surface area (Å²) in [7, 11) is 0. The summed E-state index contributed by atoms with van der Waals surface area (Å²) in [6.07, 6.45) is 4.46. The van der Waals surface area contributed by atoms with Crippen molar-refractivity contribution in [2.45, 2.75) is 39.3 Å². The van der Waals surface area contributed by atoms with Crippen molar-refractivity contribution >= 4 is 27.5 Å². The molecule has 1 aliphatic heterocycles. The van der Waals surface area contributed by atoms with Gasteiger partial charge in [0.25, 0.3) is 5.56 Å². The van der Waals surface area contributed by atoms with E-state index in [1.165, 1.54) is 5.56 Å². The fraction of sp³-hybridized carbons (Fsp3) is 0.381. The molecule has 1 aromatic carbocycles. The predicted octanol–water partition coefficient (Wildman–Crippen LogP) is 3.11. The van der Waals surface area contributed by atoms with E-state index in [1.54, 1.807) is 22.2 Å². The Labute approximate surface area is 161 Å². The van der Waals surface area contributed by atoms with Gasteiger partial charge in [0.05, 0.1) is 24.8 Å². The smallest absolute Gasteiger partial charge is 0.262 e.